The summed E-state index contributed by atoms with van der Waals surface area (Å²) in [6.45, 7) is 2.85. The molecule has 4 heterocycles. The highest BCUT2D eigenvalue weighted by atomic mass is 35.5. The maximum absolute atomic E-state index is 13.3. The second-order valence-corrected chi connectivity index (χ2v) is 9.45. The molecule has 2 aliphatic rings. The van der Waals surface area contributed by atoms with Gasteiger partial charge < -0.3 is 9.80 Å². The minimum Gasteiger partial charge on any atom is -0.330 e. The van der Waals surface area contributed by atoms with Gasteiger partial charge in [-0.15, -0.1) is 22.7 Å². The number of carbonyl (C=O) groups is 1. The predicted molar refractivity (Wildman–Crippen MR) is 101 cm³/mol. The van der Waals surface area contributed by atoms with E-state index in [1.54, 1.807) is 11.3 Å². The molecule has 0 spiro atoms. The maximum Gasteiger partial charge on any atom is 0.226 e. The molecule has 2 aromatic rings. The van der Waals surface area contributed by atoms with Gasteiger partial charge in [0.15, 0.2) is 0 Å². The summed E-state index contributed by atoms with van der Waals surface area (Å²) in [5, 5.41) is 2.15. The molecule has 1 unspecified atom stereocenters. The molecule has 128 valence electrons. The lowest BCUT2D eigenvalue weighted by molar-refractivity contribution is -0.139. The van der Waals surface area contributed by atoms with Crippen molar-refractivity contribution >= 4 is 40.2 Å². The van der Waals surface area contributed by atoms with Gasteiger partial charge in [-0.25, -0.2) is 0 Å². The van der Waals surface area contributed by atoms with Crippen LogP contribution in [0.25, 0.3) is 0 Å². The van der Waals surface area contributed by atoms with Gasteiger partial charge in [0.2, 0.25) is 5.91 Å². The Kier molecular flexibility index (Phi) is 4.69. The molecule has 0 aromatic carbocycles. The lowest BCUT2D eigenvalue weighted by atomic mass is 9.92. The van der Waals surface area contributed by atoms with Crippen LogP contribution in [-0.4, -0.2) is 42.4 Å². The first-order valence-electron chi connectivity index (χ1n) is 8.44. The van der Waals surface area contributed by atoms with Crippen LogP contribution in [0.15, 0.2) is 23.6 Å². The quantitative estimate of drug-likeness (QED) is 0.776. The molecular weight excluding hydrogens is 360 g/mol. The minimum atomic E-state index is 0.0460. The maximum atomic E-state index is 13.3. The standard InChI is InChI=1S/C18H21ClN2OS2/c1-20-8-4-12(5-9-20)18(22)21-10-6-14-13(7-11-23-14)17(21)15-2-3-16(19)24-15/h2-3,7,11-12,17H,4-6,8-10H2,1H3. The molecule has 2 aliphatic heterocycles. The highest BCUT2D eigenvalue weighted by molar-refractivity contribution is 7.16. The fraction of sp³-hybridized carbons (Fsp3) is 0.500. The number of thiophene rings is 2. The zero-order chi connectivity index (χ0) is 16.7. The molecule has 0 radical (unpaired) electrons. The Bertz CT molecular complexity index is 733. The van der Waals surface area contributed by atoms with Crippen LogP contribution in [-0.2, 0) is 11.2 Å². The number of piperidine rings is 1. The molecule has 2 aromatic heterocycles. The number of rotatable bonds is 2. The van der Waals surface area contributed by atoms with E-state index in [0.29, 0.717) is 5.91 Å². The van der Waals surface area contributed by atoms with Crippen LogP contribution in [0.3, 0.4) is 0 Å². The first-order chi connectivity index (χ1) is 11.6. The molecule has 1 saturated heterocycles. The molecule has 0 bridgehead atoms. The van der Waals surface area contributed by atoms with Crippen LogP contribution in [0.1, 0.15) is 34.2 Å². The van der Waals surface area contributed by atoms with Crippen molar-refractivity contribution in [1.82, 2.24) is 9.80 Å². The molecular formula is C18H21ClN2OS2. The van der Waals surface area contributed by atoms with Gasteiger partial charge in [-0.3, -0.25) is 4.79 Å². The summed E-state index contributed by atoms with van der Waals surface area (Å²) in [7, 11) is 2.13. The first kappa shape index (κ1) is 16.6. The Balaban J connectivity index is 1.65. The zero-order valence-electron chi connectivity index (χ0n) is 13.7. The Labute approximate surface area is 155 Å². The van der Waals surface area contributed by atoms with Crippen LogP contribution in [0.2, 0.25) is 4.34 Å². The second kappa shape index (κ2) is 6.79. The summed E-state index contributed by atoms with van der Waals surface area (Å²) >= 11 is 9.59. The summed E-state index contributed by atoms with van der Waals surface area (Å²) < 4.78 is 0.791. The molecule has 3 nitrogen and oxygen atoms in total. The van der Waals surface area contributed by atoms with Crippen molar-refractivity contribution in [2.45, 2.75) is 25.3 Å². The lowest BCUT2D eigenvalue weighted by Crippen LogP contribution is -2.45. The SMILES string of the molecule is CN1CCC(C(=O)N2CCc3sccc3C2c2ccc(Cl)s2)CC1. The van der Waals surface area contributed by atoms with Gasteiger partial charge >= 0.3 is 0 Å². The number of hydrogen-bond acceptors (Lipinski definition) is 4. The van der Waals surface area contributed by atoms with Gasteiger partial charge in [-0.2, -0.15) is 0 Å². The number of nitrogens with zero attached hydrogens (tertiary/aromatic N) is 2. The number of amides is 1. The zero-order valence-corrected chi connectivity index (χ0v) is 16.1. The number of likely N-dealkylation sites (tertiary alicyclic amines) is 1. The molecule has 1 amide bonds. The third-order valence-corrected chi connectivity index (χ3v) is 7.46. The van der Waals surface area contributed by atoms with Crippen LogP contribution in [0.5, 0.6) is 0 Å². The van der Waals surface area contributed by atoms with Gasteiger partial charge in [0, 0.05) is 22.2 Å². The van der Waals surface area contributed by atoms with Gasteiger partial charge in [0.1, 0.15) is 0 Å². The van der Waals surface area contributed by atoms with Crippen LogP contribution in [0, 0.1) is 5.92 Å². The second-order valence-electron chi connectivity index (χ2n) is 6.70. The van der Waals surface area contributed by atoms with Crippen molar-refractivity contribution in [3.8, 4) is 0 Å². The number of halogens is 1. The number of hydrogen-bond donors (Lipinski definition) is 0. The molecule has 24 heavy (non-hydrogen) atoms. The van der Waals surface area contributed by atoms with Gasteiger partial charge in [-0.1, -0.05) is 11.6 Å². The molecule has 4 rings (SSSR count). The van der Waals surface area contributed by atoms with E-state index in [4.69, 9.17) is 11.6 Å². The molecule has 6 heteroatoms. The molecule has 0 saturated carbocycles. The minimum absolute atomic E-state index is 0.0460. The molecule has 0 aliphatic carbocycles. The van der Waals surface area contributed by atoms with Crippen molar-refractivity contribution in [3.05, 3.63) is 43.2 Å². The van der Waals surface area contributed by atoms with Gasteiger partial charge in [-0.05, 0) is 68.5 Å². The molecule has 0 N–H and O–H groups in total. The van der Waals surface area contributed by atoms with Gasteiger partial charge in [0.05, 0.1) is 10.4 Å². The Morgan fingerprint density at radius 1 is 1.21 bits per heavy atom. The number of fused-ring (bicyclic) bond motifs is 1. The summed E-state index contributed by atoms with van der Waals surface area (Å²) in [5.74, 6) is 0.494. The highest BCUT2D eigenvalue weighted by Crippen LogP contribution is 2.42. The fourth-order valence-electron chi connectivity index (χ4n) is 3.83. The molecule has 1 atom stereocenters. The van der Waals surface area contributed by atoms with Gasteiger partial charge in [0.25, 0.3) is 0 Å². The molecule has 1 fully saturated rings. The van der Waals surface area contributed by atoms with E-state index < -0.39 is 0 Å². The Morgan fingerprint density at radius 2 is 2.00 bits per heavy atom. The largest absolute Gasteiger partial charge is 0.330 e. The number of carbonyl (C=O) groups excluding carboxylic acids is 1. The summed E-state index contributed by atoms with van der Waals surface area (Å²) in [5.41, 5.74) is 1.30. The normalized spacial score (nSPS) is 22.6. The third-order valence-electron chi connectivity index (χ3n) is 5.18. The van der Waals surface area contributed by atoms with Crippen LogP contribution in [0.4, 0.5) is 0 Å². The monoisotopic (exact) mass is 380 g/mol. The lowest BCUT2D eigenvalue weighted by Gasteiger charge is -2.39. The average Bonchev–Trinajstić information content (AvgIpc) is 3.22. The van der Waals surface area contributed by atoms with E-state index in [1.807, 2.05) is 17.4 Å². The Hall–Kier alpha value is -0.880. The van der Waals surface area contributed by atoms with E-state index in [2.05, 4.69) is 34.4 Å². The van der Waals surface area contributed by atoms with Crippen molar-refractivity contribution in [3.63, 3.8) is 0 Å². The van der Waals surface area contributed by atoms with Crippen molar-refractivity contribution < 1.29 is 4.79 Å². The highest BCUT2D eigenvalue weighted by Gasteiger charge is 2.37. The van der Waals surface area contributed by atoms with E-state index in [0.717, 1.165) is 43.2 Å². The third kappa shape index (κ3) is 3.03. The first-order valence-corrected chi connectivity index (χ1v) is 10.5. The van der Waals surface area contributed by atoms with Crippen molar-refractivity contribution in [2.75, 3.05) is 26.7 Å². The Morgan fingerprint density at radius 3 is 2.71 bits per heavy atom. The van der Waals surface area contributed by atoms with E-state index >= 15 is 0 Å². The van der Waals surface area contributed by atoms with Crippen molar-refractivity contribution in [1.29, 1.82) is 0 Å². The smallest absolute Gasteiger partial charge is 0.226 e. The average molecular weight is 381 g/mol. The van der Waals surface area contributed by atoms with E-state index in [1.165, 1.54) is 15.3 Å². The predicted octanol–water partition coefficient (Wildman–Crippen LogP) is 4.28. The summed E-state index contributed by atoms with van der Waals surface area (Å²) in [6, 6.07) is 6.26. The van der Waals surface area contributed by atoms with Crippen LogP contribution < -0.4 is 0 Å². The fourth-order valence-corrected chi connectivity index (χ4v) is 5.92. The van der Waals surface area contributed by atoms with Crippen molar-refractivity contribution in [2.24, 2.45) is 5.92 Å². The van der Waals surface area contributed by atoms with Crippen LogP contribution >= 0.6 is 34.3 Å². The topological polar surface area (TPSA) is 23.6 Å². The van der Waals surface area contributed by atoms with E-state index in [-0.39, 0.29) is 12.0 Å². The van der Waals surface area contributed by atoms with E-state index in [9.17, 15) is 4.79 Å². The summed E-state index contributed by atoms with van der Waals surface area (Å²) in [6.07, 6.45) is 2.92. The summed E-state index contributed by atoms with van der Waals surface area (Å²) in [4.78, 5) is 20.3.